The first-order chi connectivity index (χ1) is 14.6. The Hall–Kier alpha value is -3.68. The molecular weight excluding hydrogens is 384 g/mol. The molecule has 0 atom stereocenters. The SMILES string of the molecule is COc1cccc(C=NNC(=O)CCCCC(=O)NN=Cc2cccc(OC)c2)c1. The molecule has 0 bridgehead atoms. The molecule has 0 saturated carbocycles. The third-order valence-corrected chi connectivity index (χ3v) is 4.05. The molecule has 0 aliphatic carbocycles. The van der Waals surface area contributed by atoms with Crippen molar-refractivity contribution in [3.05, 3.63) is 59.7 Å². The maximum atomic E-state index is 11.8. The summed E-state index contributed by atoms with van der Waals surface area (Å²) in [7, 11) is 3.18. The summed E-state index contributed by atoms with van der Waals surface area (Å²) in [6, 6.07) is 14.7. The molecular formula is C22H26N4O4. The molecule has 2 aromatic carbocycles. The smallest absolute Gasteiger partial charge is 0.240 e. The number of nitrogens with zero attached hydrogens (tertiary/aromatic N) is 2. The van der Waals surface area contributed by atoms with Gasteiger partial charge in [0.25, 0.3) is 0 Å². The number of carbonyl (C=O) groups excluding carboxylic acids is 2. The van der Waals surface area contributed by atoms with Crippen molar-refractivity contribution in [3.8, 4) is 11.5 Å². The maximum Gasteiger partial charge on any atom is 0.240 e. The largest absolute Gasteiger partial charge is 0.497 e. The van der Waals surface area contributed by atoms with Crippen molar-refractivity contribution < 1.29 is 19.1 Å². The monoisotopic (exact) mass is 410 g/mol. The van der Waals surface area contributed by atoms with E-state index in [9.17, 15) is 9.59 Å². The van der Waals surface area contributed by atoms with Crippen molar-refractivity contribution in [1.29, 1.82) is 0 Å². The Morgan fingerprint density at radius 3 is 1.63 bits per heavy atom. The highest BCUT2D eigenvalue weighted by molar-refractivity contribution is 5.83. The van der Waals surface area contributed by atoms with E-state index in [1.54, 1.807) is 26.6 Å². The Morgan fingerprint density at radius 2 is 1.23 bits per heavy atom. The second-order valence-corrected chi connectivity index (χ2v) is 6.35. The van der Waals surface area contributed by atoms with E-state index in [0.29, 0.717) is 12.8 Å². The van der Waals surface area contributed by atoms with Gasteiger partial charge in [-0.15, -0.1) is 0 Å². The Labute approximate surface area is 176 Å². The van der Waals surface area contributed by atoms with Crippen LogP contribution in [-0.4, -0.2) is 38.5 Å². The number of rotatable bonds is 11. The third kappa shape index (κ3) is 8.55. The lowest BCUT2D eigenvalue weighted by Gasteiger charge is -2.02. The fourth-order valence-electron chi connectivity index (χ4n) is 2.48. The van der Waals surface area contributed by atoms with Gasteiger partial charge in [0.15, 0.2) is 0 Å². The van der Waals surface area contributed by atoms with E-state index in [1.807, 2.05) is 48.5 Å². The molecule has 2 amide bonds. The van der Waals surface area contributed by atoms with E-state index in [1.165, 1.54) is 0 Å². The lowest BCUT2D eigenvalue weighted by molar-refractivity contribution is -0.123. The summed E-state index contributed by atoms with van der Waals surface area (Å²) in [5.74, 6) is 1.03. The number of hydrogen-bond donors (Lipinski definition) is 2. The molecule has 0 aromatic heterocycles. The van der Waals surface area contributed by atoms with Crippen molar-refractivity contribution in [2.75, 3.05) is 14.2 Å². The summed E-state index contributed by atoms with van der Waals surface area (Å²) in [5.41, 5.74) is 6.59. The minimum absolute atomic E-state index is 0.203. The van der Waals surface area contributed by atoms with Crippen LogP contribution < -0.4 is 20.3 Å². The molecule has 0 radical (unpaired) electrons. The third-order valence-electron chi connectivity index (χ3n) is 4.05. The quantitative estimate of drug-likeness (QED) is 0.338. The minimum atomic E-state index is -0.203. The number of ether oxygens (including phenoxy) is 2. The van der Waals surface area contributed by atoms with E-state index in [-0.39, 0.29) is 24.7 Å². The van der Waals surface area contributed by atoms with Crippen LogP contribution in [0.2, 0.25) is 0 Å². The molecule has 0 saturated heterocycles. The average Bonchev–Trinajstić information content (AvgIpc) is 2.77. The molecule has 0 aliphatic heterocycles. The number of amides is 2. The van der Waals surface area contributed by atoms with Gasteiger partial charge in [0, 0.05) is 12.8 Å². The number of carbonyl (C=O) groups is 2. The molecule has 2 aromatic rings. The van der Waals surface area contributed by atoms with Crippen LogP contribution >= 0.6 is 0 Å². The van der Waals surface area contributed by atoms with Gasteiger partial charge >= 0.3 is 0 Å². The van der Waals surface area contributed by atoms with Crippen LogP contribution in [0.5, 0.6) is 11.5 Å². The Morgan fingerprint density at radius 1 is 0.800 bits per heavy atom. The molecule has 2 N–H and O–H groups in total. The van der Waals surface area contributed by atoms with Gasteiger partial charge in [-0.3, -0.25) is 9.59 Å². The molecule has 0 unspecified atom stereocenters. The number of unbranched alkanes of at least 4 members (excludes halogenated alkanes) is 1. The van der Waals surface area contributed by atoms with Gasteiger partial charge in [0.05, 0.1) is 26.6 Å². The van der Waals surface area contributed by atoms with Gasteiger partial charge in [-0.1, -0.05) is 24.3 Å². The van der Waals surface area contributed by atoms with Crippen molar-refractivity contribution in [3.63, 3.8) is 0 Å². The van der Waals surface area contributed by atoms with Crippen LogP contribution in [0.15, 0.2) is 58.7 Å². The molecule has 2 rings (SSSR count). The zero-order valence-corrected chi connectivity index (χ0v) is 17.1. The van der Waals surface area contributed by atoms with Crippen LogP contribution in [0.25, 0.3) is 0 Å². The highest BCUT2D eigenvalue weighted by atomic mass is 16.5. The van der Waals surface area contributed by atoms with Crippen molar-refractivity contribution >= 4 is 24.2 Å². The van der Waals surface area contributed by atoms with E-state index >= 15 is 0 Å². The van der Waals surface area contributed by atoms with Gasteiger partial charge < -0.3 is 9.47 Å². The topological polar surface area (TPSA) is 101 Å². The van der Waals surface area contributed by atoms with E-state index in [4.69, 9.17) is 9.47 Å². The number of hydrazone groups is 2. The summed E-state index contributed by atoms with van der Waals surface area (Å²) in [4.78, 5) is 23.6. The van der Waals surface area contributed by atoms with E-state index < -0.39 is 0 Å². The fourth-order valence-corrected chi connectivity index (χ4v) is 2.48. The van der Waals surface area contributed by atoms with E-state index in [0.717, 1.165) is 22.6 Å². The lowest BCUT2D eigenvalue weighted by atomic mass is 10.2. The molecule has 0 aliphatic rings. The standard InChI is InChI=1S/C22H26N4O4/c1-29-19-9-5-7-17(13-19)15-23-25-21(27)11-3-4-12-22(28)26-24-16-18-8-6-10-20(14-18)30-2/h5-10,13-16H,3-4,11-12H2,1-2H3,(H,25,27)(H,26,28). The van der Waals surface area contributed by atoms with Crippen molar-refractivity contribution in [2.45, 2.75) is 25.7 Å². The van der Waals surface area contributed by atoms with Crippen molar-refractivity contribution in [1.82, 2.24) is 10.9 Å². The Bertz CT molecular complexity index is 823. The van der Waals surface area contributed by atoms with Crippen molar-refractivity contribution in [2.24, 2.45) is 10.2 Å². The summed E-state index contributed by atoms with van der Waals surface area (Å²) in [6.07, 6.45) is 4.83. The fraction of sp³-hybridized carbons (Fsp3) is 0.273. The first-order valence-electron chi connectivity index (χ1n) is 9.52. The van der Waals surface area contributed by atoms with Crippen LogP contribution in [0, 0.1) is 0 Å². The summed E-state index contributed by atoms with van der Waals surface area (Å²) in [6.45, 7) is 0. The number of hydrogen-bond acceptors (Lipinski definition) is 6. The second kappa shape index (κ2) is 12.7. The molecule has 0 heterocycles. The molecule has 30 heavy (non-hydrogen) atoms. The minimum Gasteiger partial charge on any atom is -0.497 e. The van der Waals surface area contributed by atoms with Crippen LogP contribution in [-0.2, 0) is 9.59 Å². The highest BCUT2D eigenvalue weighted by Crippen LogP contribution is 2.11. The lowest BCUT2D eigenvalue weighted by Crippen LogP contribution is -2.19. The summed E-state index contributed by atoms with van der Waals surface area (Å²) >= 11 is 0. The average molecular weight is 410 g/mol. The van der Waals surface area contributed by atoms with Gasteiger partial charge in [0.2, 0.25) is 11.8 Å². The van der Waals surface area contributed by atoms with Gasteiger partial charge in [-0.2, -0.15) is 10.2 Å². The predicted molar refractivity (Wildman–Crippen MR) is 116 cm³/mol. The number of nitrogens with one attached hydrogen (secondary N) is 2. The molecule has 158 valence electrons. The van der Waals surface area contributed by atoms with Gasteiger partial charge in [-0.25, -0.2) is 10.9 Å². The molecule has 8 nitrogen and oxygen atoms in total. The Balaban J connectivity index is 1.60. The zero-order chi connectivity index (χ0) is 21.6. The summed E-state index contributed by atoms with van der Waals surface area (Å²) in [5, 5.41) is 7.85. The number of methoxy groups -OCH3 is 2. The Kier molecular flexibility index (Phi) is 9.58. The molecule has 0 fully saturated rings. The normalized spacial score (nSPS) is 10.9. The zero-order valence-electron chi connectivity index (χ0n) is 17.1. The first kappa shape index (κ1) is 22.6. The van der Waals surface area contributed by atoms with Crippen LogP contribution in [0.1, 0.15) is 36.8 Å². The van der Waals surface area contributed by atoms with E-state index in [2.05, 4.69) is 21.1 Å². The first-order valence-corrected chi connectivity index (χ1v) is 9.52. The highest BCUT2D eigenvalue weighted by Gasteiger charge is 2.03. The van der Waals surface area contributed by atoms with Crippen LogP contribution in [0.4, 0.5) is 0 Å². The predicted octanol–water partition coefficient (Wildman–Crippen LogP) is 2.86. The number of benzene rings is 2. The molecule has 8 heteroatoms. The van der Waals surface area contributed by atoms with Crippen LogP contribution in [0.3, 0.4) is 0 Å². The van der Waals surface area contributed by atoms with Gasteiger partial charge in [-0.05, 0) is 48.2 Å². The second-order valence-electron chi connectivity index (χ2n) is 6.35. The van der Waals surface area contributed by atoms with Gasteiger partial charge in [0.1, 0.15) is 11.5 Å². The summed E-state index contributed by atoms with van der Waals surface area (Å²) < 4.78 is 10.3. The maximum absolute atomic E-state index is 11.8. The molecule has 0 spiro atoms.